The lowest BCUT2D eigenvalue weighted by Gasteiger charge is -2.52. The van der Waals surface area contributed by atoms with E-state index in [1.165, 1.54) is 18.4 Å². The first-order chi connectivity index (χ1) is 11.9. The molecule has 2 fully saturated rings. The predicted octanol–water partition coefficient (Wildman–Crippen LogP) is 4.85. The zero-order valence-corrected chi connectivity index (χ0v) is 15.6. The summed E-state index contributed by atoms with van der Waals surface area (Å²) >= 11 is 0. The van der Waals surface area contributed by atoms with Crippen LogP contribution in [0.1, 0.15) is 65.7 Å². The first-order valence-corrected chi connectivity index (χ1v) is 9.82. The topological polar surface area (TPSA) is 53.2 Å². The second kappa shape index (κ2) is 5.76. The van der Waals surface area contributed by atoms with Crippen molar-refractivity contribution in [3.05, 3.63) is 28.7 Å². The third-order valence-electron chi connectivity index (χ3n) is 7.68. The number of rotatable bonds is 2. The van der Waals surface area contributed by atoms with Crippen molar-refractivity contribution in [2.45, 2.75) is 72.0 Å². The van der Waals surface area contributed by atoms with Gasteiger partial charge in [0, 0.05) is 11.8 Å². The van der Waals surface area contributed by atoms with Gasteiger partial charge in [0.05, 0.1) is 12.0 Å². The Morgan fingerprint density at radius 3 is 2.84 bits per heavy atom. The van der Waals surface area contributed by atoms with Crippen molar-refractivity contribution in [1.29, 1.82) is 5.26 Å². The fraction of sp³-hybridized carbons (Fsp3) is 0.727. The summed E-state index contributed by atoms with van der Waals surface area (Å²) in [6, 6.07) is 2.60. The van der Waals surface area contributed by atoms with Crippen LogP contribution in [0.15, 0.2) is 28.7 Å². The lowest BCUT2D eigenvalue weighted by molar-refractivity contribution is -0.0541. The molecule has 0 aromatic heterocycles. The molecule has 0 bridgehead atoms. The SMILES string of the molecule is CC(O)OC1=C=C2CC[C@@H]3C(=CC[C@]4(C)[C@@H](C#N)CC[C@@H]34)[C@@]2(C)CC1. The highest BCUT2D eigenvalue weighted by atomic mass is 16.6. The van der Waals surface area contributed by atoms with Crippen LogP contribution in [0.2, 0.25) is 0 Å². The van der Waals surface area contributed by atoms with Gasteiger partial charge in [-0.25, -0.2) is 0 Å². The molecule has 6 atom stereocenters. The van der Waals surface area contributed by atoms with E-state index in [2.05, 4.69) is 31.7 Å². The minimum Gasteiger partial charge on any atom is -0.462 e. The fourth-order valence-corrected chi connectivity index (χ4v) is 6.25. The van der Waals surface area contributed by atoms with Crippen molar-refractivity contribution >= 4 is 0 Å². The third-order valence-corrected chi connectivity index (χ3v) is 7.68. The Hall–Kier alpha value is -1.49. The molecule has 0 aromatic rings. The Morgan fingerprint density at radius 2 is 2.12 bits per heavy atom. The van der Waals surface area contributed by atoms with Crippen LogP contribution in [-0.4, -0.2) is 11.4 Å². The molecule has 0 spiro atoms. The molecule has 2 saturated carbocycles. The molecular weight excluding hydrogens is 310 g/mol. The molecule has 3 nitrogen and oxygen atoms in total. The van der Waals surface area contributed by atoms with Gasteiger partial charge < -0.3 is 9.84 Å². The molecule has 0 aliphatic heterocycles. The summed E-state index contributed by atoms with van der Waals surface area (Å²) in [5, 5.41) is 19.1. The number of nitriles is 1. The maximum Gasteiger partial charge on any atom is 0.194 e. The van der Waals surface area contributed by atoms with E-state index < -0.39 is 6.29 Å². The minimum atomic E-state index is -0.764. The van der Waals surface area contributed by atoms with Gasteiger partial charge in [-0.15, -0.1) is 0 Å². The normalized spacial score (nSPS) is 43.5. The van der Waals surface area contributed by atoms with Gasteiger partial charge in [-0.2, -0.15) is 5.26 Å². The predicted molar refractivity (Wildman–Crippen MR) is 96.0 cm³/mol. The molecule has 1 unspecified atom stereocenters. The van der Waals surface area contributed by atoms with Crippen LogP contribution in [0.5, 0.6) is 0 Å². The van der Waals surface area contributed by atoms with Gasteiger partial charge in [-0.05, 0) is 68.3 Å². The van der Waals surface area contributed by atoms with Crippen LogP contribution in [0.3, 0.4) is 0 Å². The highest BCUT2D eigenvalue weighted by Crippen LogP contribution is 2.64. The quantitative estimate of drug-likeness (QED) is 0.444. The Bertz CT molecular complexity index is 721. The second-order valence-corrected chi connectivity index (χ2v) is 8.96. The van der Waals surface area contributed by atoms with Crippen LogP contribution >= 0.6 is 0 Å². The summed E-state index contributed by atoms with van der Waals surface area (Å²) in [6.07, 6.45) is 9.17. The van der Waals surface area contributed by atoms with Crippen molar-refractivity contribution in [3.63, 3.8) is 0 Å². The van der Waals surface area contributed by atoms with Gasteiger partial charge in [0.1, 0.15) is 5.76 Å². The van der Waals surface area contributed by atoms with E-state index >= 15 is 0 Å². The van der Waals surface area contributed by atoms with Crippen LogP contribution in [0, 0.1) is 39.9 Å². The monoisotopic (exact) mass is 339 g/mol. The number of allylic oxidation sites excluding steroid dienone is 3. The lowest BCUT2D eigenvalue weighted by atomic mass is 9.52. The van der Waals surface area contributed by atoms with Crippen molar-refractivity contribution in [2.75, 3.05) is 0 Å². The molecule has 0 saturated heterocycles. The molecule has 0 heterocycles. The second-order valence-electron chi connectivity index (χ2n) is 8.96. The van der Waals surface area contributed by atoms with Gasteiger partial charge in [0.15, 0.2) is 6.29 Å². The average molecular weight is 339 g/mol. The summed E-state index contributed by atoms with van der Waals surface area (Å²) in [5.41, 5.74) is 6.74. The highest BCUT2D eigenvalue weighted by molar-refractivity contribution is 5.39. The smallest absolute Gasteiger partial charge is 0.194 e. The number of nitrogens with zero attached hydrogens (tertiary/aromatic N) is 1. The molecule has 4 rings (SSSR count). The number of fused-ring (bicyclic) bond motifs is 5. The Morgan fingerprint density at radius 1 is 1.32 bits per heavy atom. The summed E-state index contributed by atoms with van der Waals surface area (Å²) in [4.78, 5) is 0. The fourth-order valence-electron chi connectivity index (χ4n) is 6.25. The summed E-state index contributed by atoms with van der Waals surface area (Å²) in [7, 11) is 0. The minimum absolute atomic E-state index is 0.0977. The van der Waals surface area contributed by atoms with Gasteiger partial charge in [-0.1, -0.05) is 31.2 Å². The van der Waals surface area contributed by atoms with Crippen LogP contribution in [-0.2, 0) is 4.74 Å². The third kappa shape index (κ3) is 2.42. The summed E-state index contributed by atoms with van der Waals surface area (Å²) < 4.78 is 5.52. The van der Waals surface area contributed by atoms with E-state index in [4.69, 9.17) is 4.74 Å². The molecule has 0 radical (unpaired) electrons. The lowest BCUT2D eigenvalue weighted by Crippen LogP contribution is -2.43. The first-order valence-electron chi connectivity index (χ1n) is 9.82. The molecular formula is C22H29NO2. The number of aliphatic hydroxyl groups excluding tert-OH is 1. The average Bonchev–Trinajstić information content (AvgIpc) is 2.91. The maximum absolute atomic E-state index is 9.58. The van der Waals surface area contributed by atoms with Crippen molar-refractivity contribution < 1.29 is 9.84 Å². The van der Waals surface area contributed by atoms with Gasteiger partial charge >= 0.3 is 0 Å². The van der Waals surface area contributed by atoms with Crippen molar-refractivity contribution in [1.82, 2.24) is 0 Å². The Balaban J connectivity index is 1.71. The van der Waals surface area contributed by atoms with E-state index in [1.807, 2.05) is 0 Å². The Labute approximate surface area is 151 Å². The van der Waals surface area contributed by atoms with E-state index in [0.29, 0.717) is 11.8 Å². The molecule has 134 valence electrons. The van der Waals surface area contributed by atoms with Crippen molar-refractivity contribution in [2.24, 2.45) is 28.6 Å². The van der Waals surface area contributed by atoms with E-state index in [-0.39, 0.29) is 16.7 Å². The molecule has 25 heavy (non-hydrogen) atoms. The molecule has 0 amide bonds. The summed E-state index contributed by atoms with van der Waals surface area (Å²) in [5.74, 6) is 2.33. The maximum atomic E-state index is 9.58. The number of hydrogen-bond donors (Lipinski definition) is 1. The number of hydrogen-bond acceptors (Lipinski definition) is 3. The molecule has 4 aliphatic carbocycles. The molecule has 3 heteroatoms. The molecule has 1 N–H and O–H groups in total. The van der Waals surface area contributed by atoms with Crippen LogP contribution in [0.4, 0.5) is 0 Å². The number of aliphatic hydroxyl groups is 1. The molecule has 4 aliphatic rings. The first kappa shape index (κ1) is 17.0. The Kier molecular flexibility index (Phi) is 3.91. The summed E-state index contributed by atoms with van der Waals surface area (Å²) in [6.45, 7) is 6.39. The van der Waals surface area contributed by atoms with E-state index in [1.54, 1.807) is 12.5 Å². The highest BCUT2D eigenvalue weighted by Gasteiger charge is 2.55. The van der Waals surface area contributed by atoms with Gasteiger partial charge in [0.2, 0.25) is 0 Å². The van der Waals surface area contributed by atoms with Gasteiger partial charge in [-0.3, -0.25) is 0 Å². The van der Waals surface area contributed by atoms with E-state index in [9.17, 15) is 10.4 Å². The van der Waals surface area contributed by atoms with E-state index in [0.717, 1.165) is 37.9 Å². The number of ether oxygens (including phenoxy) is 1. The standard InChI is InChI=1S/C22H29NO2/c1-14(24)25-17-8-10-21(2)15(12-17)4-6-18-19-7-5-16(13-23)22(19,3)11-9-20(18)21/h9,14,16,18-19,24H,4-8,10-11H2,1-3H3/t14?,16-,18+,19+,21+,22-/m1/s1. The van der Waals surface area contributed by atoms with Crippen molar-refractivity contribution in [3.8, 4) is 6.07 Å². The van der Waals surface area contributed by atoms with Crippen LogP contribution < -0.4 is 0 Å². The largest absolute Gasteiger partial charge is 0.462 e. The van der Waals surface area contributed by atoms with Gasteiger partial charge in [0.25, 0.3) is 0 Å². The zero-order valence-electron chi connectivity index (χ0n) is 15.6. The van der Waals surface area contributed by atoms with Crippen LogP contribution in [0.25, 0.3) is 0 Å². The molecule has 0 aromatic carbocycles. The zero-order chi connectivity index (χ0) is 17.8.